The molecule has 0 aliphatic carbocycles. The summed E-state index contributed by atoms with van der Waals surface area (Å²) in [4.78, 5) is 11.7. The number of halogens is 3. The number of nitrogens with one attached hydrogen (secondary N) is 2. The number of amides is 1. The summed E-state index contributed by atoms with van der Waals surface area (Å²) in [5.74, 6) is -1.00. The summed E-state index contributed by atoms with van der Waals surface area (Å²) in [7, 11) is 1.56. The van der Waals surface area contributed by atoms with Gasteiger partial charge >= 0.3 is 0 Å². The lowest BCUT2D eigenvalue weighted by Gasteiger charge is -2.09. The Hall–Kier alpha value is -1.27. The van der Waals surface area contributed by atoms with E-state index in [1.807, 2.05) is 0 Å². The number of hydrogen-bond donors (Lipinski definition) is 3. The molecule has 0 fully saturated rings. The lowest BCUT2D eigenvalue weighted by atomic mass is 10.3. The highest BCUT2D eigenvalue weighted by atomic mass is 79.9. The van der Waals surface area contributed by atoms with Crippen molar-refractivity contribution in [2.75, 3.05) is 12.4 Å². The number of benzene rings is 1. The van der Waals surface area contributed by atoms with E-state index in [-0.39, 0.29) is 15.3 Å². The summed E-state index contributed by atoms with van der Waals surface area (Å²) in [6.45, 7) is 0. The number of nitrogens with two attached hydrogens (primary N) is 1. The van der Waals surface area contributed by atoms with Crippen molar-refractivity contribution in [3.8, 4) is 0 Å². The maximum atomic E-state index is 12.9. The van der Waals surface area contributed by atoms with Crippen LogP contribution >= 0.6 is 27.5 Å². The van der Waals surface area contributed by atoms with Gasteiger partial charge in [0.1, 0.15) is 16.1 Å². The van der Waals surface area contributed by atoms with E-state index >= 15 is 0 Å². The van der Waals surface area contributed by atoms with Crippen molar-refractivity contribution < 1.29 is 9.18 Å². The van der Waals surface area contributed by atoms with Crippen LogP contribution in [-0.2, 0) is 4.79 Å². The molecule has 1 aromatic rings. The third-order valence-electron chi connectivity index (χ3n) is 1.89. The molecule has 0 heterocycles. The first-order valence-electron chi connectivity index (χ1n) is 4.55. The van der Waals surface area contributed by atoms with Crippen LogP contribution < -0.4 is 16.4 Å². The largest absolute Gasteiger partial charge is 0.391 e. The molecule has 0 atom stereocenters. The molecule has 1 amide bonds. The highest BCUT2D eigenvalue weighted by Gasteiger charge is 2.11. The van der Waals surface area contributed by atoms with Gasteiger partial charge in [-0.25, -0.2) is 4.39 Å². The van der Waals surface area contributed by atoms with E-state index in [9.17, 15) is 9.18 Å². The Morgan fingerprint density at radius 1 is 1.53 bits per heavy atom. The summed E-state index contributed by atoms with van der Waals surface area (Å²) in [5.41, 5.74) is 5.99. The predicted molar refractivity (Wildman–Crippen MR) is 69.2 cm³/mol. The molecule has 17 heavy (non-hydrogen) atoms. The molecule has 0 radical (unpaired) electrons. The minimum absolute atomic E-state index is 0.0652. The first kappa shape index (κ1) is 13.8. The van der Waals surface area contributed by atoms with E-state index in [0.29, 0.717) is 5.69 Å². The van der Waals surface area contributed by atoms with Gasteiger partial charge in [-0.05, 0) is 34.1 Å². The SMILES string of the molecule is CN/C(C(=O)Nc1ccc(F)c(Cl)c1)=C(\N)Br. The maximum Gasteiger partial charge on any atom is 0.274 e. The highest BCUT2D eigenvalue weighted by Crippen LogP contribution is 2.19. The Labute approximate surface area is 111 Å². The van der Waals surface area contributed by atoms with Gasteiger partial charge in [-0.1, -0.05) is 11.6 Å². The van der Waals surface area contributed by atoms with Gasteiger partial charge in [0.05, 0.1) is 5.02 Å². The Morgan fingerprint density at radius 2 is 2.18 bits per heavy atom. The Kier molecular flexibility index (Phi) is 4.77. The first-order valence-corrected chi connectivity index (χ1v) is 5.72. The van der Waals surface area contributed by atoms with Crippen molar-refractivity contribution in [2.45, 2.75) is 0 Å². The second-order valence-corrected chi connectivity index (χ2v) is 4.32. The van der Waals surface area contributed by atoms with E-state index in [2.05, 4.69) is 26.6 Å². The second kappa shape index (κ2) is 5.88. The fourth-order valence-corrected chi connectivity index (χ4v) is 1.67. The van der Waals surface area contributed by atoms with Crippen molar-refractivity contribution in [1.82, 2.24) is 5.32 Å². The Morgan fingerprint density at radius 3 is 2.65 bits per heavy atom. The minimum Gasteiger partial charge on any atom is -0.391 e. The molecule has 0 saturated carbocycles. The van der Waals surface area contributed by atoms with E-state index in [1.165, 1.54) is 12.1 Å². The molecular weight excluding hydrogens is 312 g/mol. The van der Waals surface area contributed by atoms with Gasteiger partial charge in [0.2, 0.25) is 0 Å². The van der Waals surface area contributed by atoms with Crippen LogP contribution in [0.5, 0.6) is 0 Å². The first-order chi connectivity index (χ1) is 7.95. The van der Waals surface area contributed by atoms with Crippen molar-refractivity contribution in [2.24, 2.45) is 5.73 Å². The summed E-state index contributed by atoms with van der Waals surface area (Å²) in [5, 5.41) is 5.09. The van der Waals surface area contributed by atoms with Crippen LogP contribution in [0.4, 0.5) is 10.1 Å². The van der Waals surface area contributed by atoms with Gasteiger partial charge in [-0.15, -0.1) is 0 Å². The number of anilines is 1. The average molecular weight is 323 g/mol. The van der Waals surface area contributed by atoms with Crippen LogP contribution in [0.25, 0.3) is 0 Å². The molecule has 0 aromatic heterocycles. The normalized spacial score (nSPS) is 11.8. The quantitative estimate of drug-likeness (QED) is 0.590. The van der Waals surface area contributed by atoms with Crippen molar-refractivity contribution in [3.63, 3.8) is 0 Å². The molecule has 1 rings (SSSR count). The van der Waals surface area contributed by atoms with E-state index in [4.69, 9.17) is 17.3 Å². The standard InChI is InChI=1S/C10H10BrClFN3O/c1-15-8(9(11)14)10(17)16-5-2-3-7(13)6(12)4-5/h2-4,15H,14H2,1H3,(H,16,17)/b9-8-. The zero-order valence-corrected chi connectivity index (χ0v) is 11.2. The molecule has 0 saturated heterocycles. The number of carbonyl (C=O) groups excluding carboxylic acids is 1. The van der Waals surface area contributed by atoms with Gasteiger partial charge in [0.25, 0.3) is 5.91 Å². The fraction of sp³-hybridized carbons (Fsp3) is 0.100. The molecule has 4 nitrogen and oxygen atoms in total. The fourth-order valence-electron chi connectivity index (χ4n) is 1.11. The summed E-state index contributed by atoms with van der Waals surface area (Å²) in [6, 6.07) is 3.88. The predicted octanol–water partition coefficient (Wildman–Crippen LogP) is 2.16. The highest BCUT2D eigenvalue weighted by molar-refractivity contribution is 9.11. The van der Waals surface area contributed by atoms with Crippen LogP contribution in [0.15, 0.2) is 28.5 Å². The van der Waals surface area contributed by atoms with E-state index in [0.717, 1.165) is 6.07 Å². The second-order valence-electron chi connectivity index (χ2n) is 3.06. The molecular formula is C10H10BrClFN3O. The van der Waals surface area contributed by atoms with Gasteiger partial charge in [0, 0.05) is 12.7 Å². The molecule has 92 valence electrons. The lowest BCUT2D eigenvalue weighted by molar-refractivity contribution is -0.113. The van der Waals surface area contributed by atoms with Gasteiger partial charge in [-0.3, -0.25) is 4.79 Å². The van der Waals surface area contributed by atoms with Crippen LogP contribution in [0.3, 0.4) is 0 Å². The third kappa shape index (κ3) is 3.61. The molecule has 0 aliphatic heterocycles. The molecule has 0 aliphatic rings. The number of carbonyl (C=O) groups is 1. The van der Waals surface area contributed by atoms with Crippen molar-refractivity contribution in [1.29, 1.82) is 0 Å². The minimum atomic E-state index is -0.547. The van der Waals surface area contributed by atoms with Crippen molar-refractivity contribution >= 4 is 39.1 Å². The van der Waals surface area contributed by atoms with Crippen LogP contribution in [0.2, 0.25) is 5.02 Å². The van der Waals surface area contributed by atoms with Crippen LogP contribution in [0.1, 0.15) is 0 Å². The Balaban J connectivity index is 2.88. The van der Waals surface area contributed by atoms with Crippen LogP contribution in [-0.4, -0.2) is 13.0 Å². The third-order valence-corrected chi connectivity index (χ3v) is 2.58. The number of rotatable bonds is 3. The zero-order valence-electron chi connectivity index (χ0n) is 8.85. The average Bonchev–Trinajstić information content (AvgIpc) is 2.24. The van der Waals surface area contributed by atoms with Crippen molar-refractivity contribution in [3.05, 3.63) is 39.3 Å². The molecule has 1 aromatic carbocycles. The summed E-state index contributed by atoms with van der Waals surface area (Å²) < 4.78 is 13.1. The van der Waals surface area contributed by atoms with Gasteiger partial charge < -0.3 is 16.4 Å². The van der Waals surface area contributed by atoms with Gasteiger partial charge in [0.15, 0.2) is 0 Å². The monoisotopic (exact) mass is 321 g/mol. The van der Waals surface area contributed by atoms with Gasteiger partial charge in [-0.2, -0.15) is 0 Å². The lowest BCUT2D eigenvalue weighted by Crippen LogP contribution is -2.25. The summed E-state index contributed by atoms with van der Waals surface area (Å²) in [6.07, 6.45) is 0. The molecule has 0 bridgehead atoms. The molecule has 4 N–H and O–H groups in total. The molecule has 0 spiro atoms. The topological polar surface area (TPSA) is 67.2 Å². The smallest absolute Gasteiger partial charge is 0.274 e. The molecule has 0 unspecified atom stereocenters. The van der Waals surface area contributed by atoms with E-state index in [1.54, 1.807) is 7.05 Å². The number of hydrogen-bond acceptors (Lipinski definition) is 3. The van der Waals surface area contributed by atoms with Crippen LogP contribution in [0, 0.1) is 5.82 Å². The zero-order chi connectivity index (χ0) is 13.0. The molecule has 7 heteroatoms. The van der Waals surface area contributed by atoms with E-state index < -0.39 is 11.7 Å². The Bertz CT molecular complexity index is 475. The maximum absolute atomic E-state index is 12.9. The summed E-state index contributed by atoms with van der Waals surface area (Å²) >= 11 is 8.57. The number of likely N-dealkylation sites (N-methyl/N-ethyl adjacent to an activating group) is 1.